The molecule has 0 saturated carbocycles. The SMILES string of the molecule is CCN(Cc1ccccc1OC(F)(F)F)[C@H]1COC[C@@H]1O. The number of benzene rings is 1. The normalized spacial score (nSPS) is 22.8. The predicted octanol–water partition coefficient (Wildman–Crippen LogP) is 2.17. The van der Waals surface area contributed by atoms with E-state index in [9.17, 15) is 18.3 Å². The zero-order valence-electron chi connectivity index (χ0n) is 11.6. The Balaban J connectivity index is 2.14. The molecule has 2 atom stereocenters. The molecule has 1 saturated heterocycles. The van der Waals surface area contributed by atoms with E-state index in [1.54, 1.807) is 12.1 Å². The predicted molar refractivity (Wildman–Crippen MR) is 69.8 cm³/mol. The highest BCUT2D eigenvalue weighted by Gasteiger charge is 2.34. The highest BCUT2D eigenvalue weighted by atomic mass is 19.4. The number of likely N-dealkylation sites (N-methyl/N-ethyl adjacent to an activating group) is 1. The Morgan fingerprint density at radius 2 is 2.05 bits per heavy atom. The van der Waals surface area contributed by atoms with E-state index in [4.69, 9.17) is 4.74 Å². The van der Waals surface area contributed by atoms with Crippen LogP contribution in [0.3, 0.4) is 0 Å². The van der Waals surface area contributed by atoms with E-state index in [1.807, 2.05) is 11.8 Å². The van der Waals surface area contributed by atoms with Gasteiger partial charge in [-0.1, -0.05) is 25.1 Å². The number of halogens is 3. The molecule has 1 heterocycles. The molecule has 1 fully saturated rings. The number of rotatable bonds is 5. The molecule has 0 spiro atoms. The first kappa shape index (κ1) is 16.1. The van der Waals surface area contributed by atoms with Crippen molar-refractivity contribution in [3.05, 3.63) is 29.8 Å². The first-order chi connectivity index (χ1) is 9.90. The summed E-state index contributed by atoms with van der Waals surface area (Å²) >= 11 is 0. The molecule has 1 aromatic rings. The van der Waals surface area contributed by atoms with Crippen molar-refractivity contribution in [2.45, 2.75) is 32.0 Å². The number of para-hydroxylation sites is 1. The van der Waals surface area contributed by atoms with E-state index < -0.39 is 12.5 Å². The number of aliphatic hydroxyl groups is 1. The molecular formula is C14H18F3NO3. The lowest BCUT2D eigenvalue weighted by atomic mass is 10.1. The fourth-order valence-corrected chi connectivity index (χ4v) is 2.42. The quantitative estimate of drug-likeness (QED) is 0.905. The number of hydrogen-bond donors (Lipinski definition) is 1. The maximum atomic E-state index is 12.4. The standard InChI is InChI=1S/C14H18F3NO3/c1-2-18(11-8-20-9-12(11)19)7-10-5-3-4-6-13(10)21-14(15,16)17/h3-6,11-12,19H,2,7-9H2,1H3/t11-,12-/m0/s1. The van der Waals surface area contributed by atoms with Gasteiger partial charge in [-0.05, 0) is 12.6 Å². The summed E-state index contributed by atoms with van der Waals surface area (Å²) in [6.45, 7) is 3.36. The highest BCUT2D eigenvalue weighted by Crippen LogP contribution is 2.28. The van der Waals surface area contributed by atoms with Gasteiger partial charge in [0.2, 0.25) is 0 Å². The lowest BCUT2D eigenvalue weighted by Crippen LogP contribution is -2.42. The lowest BCUT2D eigenvalue weighted by molar-refractivity contribution is -0.275. The molecule has 0 radical (unpaired) electrons. The smallest absolute Gasteiger partial charge is 0.405 e. The minimum absolute atomic E-state index is 0.211. The second kappa shape index (κ2) is 6.64. The van der Waals surface area contributed by atoms with Crippen LogP contribution >= 0.6 is 0 Å². The minimum Gasteiger partial charge on any atom is -0.405 e. The summed E-state index contributed by atoms with van der Waals surface area (Å²) < 4.78 is 46.5. The van der Waals surface area contributed by atoms with Crippen LogP contribution in [0.1, 0.15) is 12.5 Å². The second-order valence-electron chi connectivity index (χ2n) is 4.89. The molecule has 1 aliphatic heterocycles. The lowest BCUT2D eigenvalue weighted by Gasteiger charge is -2.29. The van der Waals surface area contributed by atoms with Crippen LogP contribution in [0.2, 0.25) is 0 Å². The maximum Gasteiger partial charge on any atom is 0.573 e. The fourth-order valence-electron chi connectivity index (χ4n) is 2.42. The first-order valence-electron chi connectivity index (χ1n) is 6.74. The average Bonchev–Trinajstić information content (AvgIpc) is 2.82. The van der Waals surface area contributed by atoms with Crippen LogP contribution in [-0.4, -0.2) is 48.3 Å². The molecule has 2 rings (SSSR count). The summed E-state index contributed by atoms with van der Waals surface area (Å²) in [6, 6.07) is 5.82. The molecule has 4 nitrogen and oxygen atoms in total. The molecule has 118 valence electrons. The molecule has 0 aliphatic carbocycles. The third-order valence-corrected chi connectivity index (χ3v) is 3.47. The van der Waals surface area contributed by atoms with Gasteiger partial charge in [-0.15, -0.1) is 13.2 Å². The van der Waals surface area contributed by atoms with Crippen LogP contribution in [0.4, 0.5) is 13.2 Å². The van der Waals surface area contributed by atoms with Crippen molar-refractivity contribution >= 4 is 0 Å². The Labute approximate surface area is 121 Å². The fraction of sp³-hybridized carbons (Fsp3) is 0.571. The van der Waals surface area contributed by atoms with Gasteiger partial charge in [0.25, 0.3) is 0 Å². The van der Waals surface area contributed by atoms with Crippen LogP contribution in [0, 0.1) is 0 Å². The van der Waals surface area contributed by atoms with E-state index in [0.29, 0.717) is 18.7 Å². The maximum absolute atomic E-state index is 12.4. The monoisotopic (exact) mass is 305 g/mol. The van der Waals surface area contributed by atoms with Gasteiger partial charge in [-0.3, -0.25) is 4.90 Å². The van der Waals surface area contributed by atoms with Gasteiger partial charge >= 0.3 is 6.36 Å². The third-order valence-electron chi connectivity index (χ3n) is 3.47. The summed E-state index contributed by atoms with van der Waals surface area (Å²) in [7, 11) is 0. The van der Waals surface area contributed by atoms with Gasteiger partial charge in [0.05, 0.1) is 25.4 Å². The number of nitrogens with zero attached hydrogens (tertiary/aromatic N) is 1. The molecule has 7 heteroatoms. The van der Waals surface area contributed by atoms with Crippen molar-refractivity contribution in [1.82, 2.24) is 4.90 Å². The van der Waals surface area contributed by atoms with E-state index in [1.165, 1.54) is 12.1 Å². The topological polar surface area (TPSA) is 41.9 Å². The zero-order chi connectivity index (χ0) is 15.5. The molecular weight excluding hydrogens is 287 g/mol. The van der Waals surface area contributed by atoms with Gasteiger partial charge in [-0.2, -0.15) is 0 Å². The number of aliphatic hydroxyl groups excluding tert-OH is 1. The average molecular weight is 305 g/mol. The van der Waals surface area contributed by atoms with Crippen molar-refractivity contribution in [2.75, 3.05) is 19.8 Å². The molecule has 21 heavy (non-hydrogen) atoms. The Morgan fingerprint density at radius 3 is 2.62 bits per heavy atom. The van der Waals surface area contributed by atoms with Crippen molar-refractivity contribution in [3.8, 4) is 5.75 Å². The molecule has 1 aliphatic rings. The summed E-state index contributed by atoms with van der Waals surface area (Å²) in [4.78, 5) is 1.89. The number of alkyl halides is 3. The van der Waals surface area contributed by atoms with Crippen LogP contribution in [0.25, 0.3) is 0 Å². The van der Waals surface area contributed by atoms with Gasteiger partial charge < -0.3 is 14.6 Å². The van der Waals surface area contributed by atoms with Crippen LogP contribution in [-0.2, 0) is 11.3 Å². The molecule has 1 aromatic carbocycles. The van der Waals surface area contributed by atoms with Crippen molar-refractivity contribution in [3.63, 3.8) is 0 Å². The summed E-state index contributed by atoms with van der Waals surface area (Å²) in [5.41, 5.74) is 0.427. The molecule has 1 N–H and O–H groups in total. The zero-order valence-corrected chi connectivity index (χ0v) is 11.6. The van der Waals surface area contributed by atoms with Gasteiger partial charge in [-0.25, -0.2) is 0 Å². The van der Waals surface area contributed by atoms with Crippen molar-refractivity contribution in [2.24, 2.45) is 0 Å². The van der Waals surface area contributed by atoms with E-state index >= 15 is 0 Å². The minimum atomic E-state index is -4.72. The first-order valence-corrected chi connectivity index (χ1v) is 6.74. The Hall–Kier alpha value is -1.31. The van der Waals surface area contributed by atoms with Crippen LogP contribution < -0.4 is 4.74 Å². The molecule has 0 aromatic heterocycles. The van der Waals surface area contributed by atoms with Crippen LogP contribution in [0.5, 0.6) is 5.75 Å². The van der Waals surface area contributed by atoms with E-state index in [0.717, 1.165) is 0 Å². The Morgan fingerprint density at radius 1 is 1.33 bits per heavy atom. The van der Waals surface area contributed by atoms with Crippen molar-refractivity contribution < 1.29 is 27.8 Å². The van der Waals surface area contributed by atoms with E-state index in [2.05, 4.69) is 4.74 Å². The highest BCUT2D eigenvalue weighted by molar-refractivity contribution is 5.33. The number of hydrogen-bond acceptors (Lipinski definition) is 4. The Bertz CT molecular complexity index is 467. The van der Waals surface area contributed by atoms with Crippen molar-refractivity contribution in [1.29, 1.82) is 0 Å². The van der Waals surface area contributed by atoms with Crippen LogP contribution in [0.15, 0.2) is 24.3 Å². The molecule has 0 bridgehead atoms. The van der Waals surface area contributed by atoms with E-state index in [-0.39, 0.29) is 24.9 Å². The Kier molecular flexibility index (Phi) is 5.08. The summed E-state index contributed by atoms with van der Waals surface area (Å²) in [5, 5.41) is 9.85. The largest absolute Gasteiger partial charge is 0.573 e. The second-order valence-corrected chi connectivity index (χ2v) is 4.89. The summed E-state index contributed by atoms with van der Waals surface area (Å²) in [5.74, 6) is -0.211. The van der Waals surface area contributed by atoms with Gasteiger partial charge in [0.1, 0.15) is 5.75 Å². The third kappa shape index (κ3) is 4.33. The summed E-state index contributed by atoms with van der Waals surface area (Å²) in [6.07, 6.45) is -5.34. The molecule has 0 unspecified atom stereocenters. The molecule has 0 amide bonds. The van der Waals surface area contributed by atoms with Gasteiger partial charge in [0, 0.05) is 12.1 Å². The van der Waals surface area contributed by atoms with Gasteiger partial charge in [0.15, 0.2) is 0 Å². The number of ether oxygens (including phenoxy) is 2.